The second-order valence-corrected chi connectivity index (χ2v) is 11.2. The zero-order chi connectivity index (χ0) is 28.9. The molecule has 6 rings (SSSR count). The van der Waals surface area contributed by atoms with Crippen LogP contribution >= 0.6 is 0 Å². The highest BCUT2D eigenvalue weighted by atomic mass is 32.3. The van der Waals surface area contributed by atoms with Gasteiger partial charge in [0.15, 0.2) is 11.2 Å². The normalized spacial score (nSPS) is 14.4. The van der Waals surface area contributed by atoms with Crippen molar-refractivity contribution in [2.24, 2.45) is 0 Å². The molecular formula is C30H27FN4O5S. The van der Waals surface area contributed by atoms with Gasteiger partial charge in [0.1, 0.15) is 11.4 Å². The number of aromatic nitrogens is 3. The third kappa shape index (κ3) is 4.90. The monoisotopic (exact) mass is 574 g/mol. The molecule has 5 aromatic rings. The van der Waals surface area contributed by atoms with Crippen LogP contribution in [0.15, 0.2) is 53.6 Å². The summed E-state index contributed by atoms with van der Waals surface area (Å²) in [5.74, 6) is 2.79. The van der Waals surface area contributed by atoms with Gasteiger partial charge in [-0.3, -0.25) is 9.78 Å². The summed E-state index contributed by atoms with van der Waals surface area (Å²) < 4.78 is 48.3. The first kappa shape index (κ1) is 26.8. The first-order valence-electron chi connectivity index (χ1n) is 13.2. The van der Waals surface area contributed by atoms with Gasteiger partial charge in [0, 0.05) is 46.9 Å². The van der Waals surface area contributed by atoms with Gasteiger partial charge in [-0.2, -0.15) is 8.42 Å². The van der Waals surface area contributed by atoms with Gasteiger partial charge >= 0.3 is 10.5 Å². The number of pyridine rings is 2. The van der Waals surface area contributed by atoms with Gasteiger partial charge in [-0.15, -0.1) is 6.42 Å². The standard InChI is InChI=1S/C30H27FN4O5S/c1-4-6-9-39-27-13-24-26(12-23(27)19-11-21(15-32-14-19)40-41(31,37)38)35(20-16-34(3)17-20)30-28(29(24)36)22-8-7-18(5-2)10-25(22)33-30/h2,7-8,10-15,20,33H,4,6,9,16-17H2,1,3H3. The number of terminal acetylenes is 1. The number of hydrogen-bond donors (Lipinski definition) is 1. The Morgan fingerprint density at radius 2 is 1.98 bits per heavy atom. The van der Waals surface area contributed by atoms with Crippen molar-refractivity contribution in [2.45, 2.75) is 25.8 Å². The summed E-state index contributed by atoms with van der Waals surface area (Å²) in [6.45, 7) is 4.01. The van der Waals surface area contributed by atoms with Gasteiger partial charge in [0.2, 0.25) is 0 Å². The van der Waals surface area contributed by atoms with Crippen molar-refractivity contribution in [3.05, 3.63) is 64.6 Å². The van der Waals surface area contributed by atoms with Crippen molar-refractivity contribution in [1.82, 2.24) is 19.4 Å². The lowest BCUT2D eigenvalue weighted by atomic mass is 10.00. The molecule has 1 saturated heterocycles. The second-order valence-electron chi connectivity index (χ2n) is 10.3. The molecule has 1 aliphatic rings. The smallest absolute Gasteiger partial charge is 0.488 e. The van der Waals surface area contributed by atoms with E-state index < -0.39 is 10.5 Å². The molecule has 0 saturated carbocycles. The molecule has 0 spiro atoms. The molecule has 0 aliphatic carbocycles. The molecule has 0 radical (unpaired) electrons. The maximum absolute atomic E-state index is 14.1. The van der Waals surface area contributed by atoms with E-state index in [9.17, 15) is 17.1 Å². The van der Waals surface area contributed by atoms with Crippen molar-refractivity contribution in [3.63, 3.8) is 0 Å². The Labute approximate surface area is 235 Å². The van der Waals surface area contributed by atoms with E-state index in [0.29, 0.717) is 51.0 Å². The van der Waals surface area contributed by atoms with Crippen molar-refractivity contribution < 1.29 is 21.2 Å². The number of likely N-dealkylation sites (tertiary alicyclic amines) is 1. The SMILES string of the molecule is C#Cc1ccc2c(c1)[nH]c1c2c(=O)c2cc(OCCCC)c(-c3cncc(OS(=O)(=O)F)c3)cc2n1C1CN(C)C1. The van der Waals surface area contributed by atoms with Crippen molar-refractivity contribution >= 4 is 43.3 Å². The highest BCUT2D eigenvalue weighted by Gasteiger charge is 2.30. The van der Waals surface area contributed by atoms with Crippen molar-refractivity contribution in [1.29, 1.82) is 0 Å². The number of unbranched alkanes of at least 4 members (excludes halogenated alkanes) is 1. The maximum atomic E-state index is 14.1. The number of halogens is 1. The highest BCUT2D eigenvalue weighted by Crippen LogP contribution is 2.39. The number of rotatable bonds is 8. The molecule has 1 fully saturated rings. The number of H-pyrrole nitrogens is 1. The van der Waals surface area contributed by atoms with E-state index in [4.69, 9.17) is 11.2 Å². The lowest BCUT2D eigenvalue weighted by Crippen LogP contribution is -2.45. The van der Waals surface area contributed by atoms with Crippen LogP contribution in [0.1, 0.15) is 31.4 Å². The van der Waals surface area contributed by atoms with Gasteiger partial charge in [0.25, 0.3) is 0 Å². The molecule has 0 atom stereocenters. The molecule has 2 aromatic carbocycles. The van der Waals surface area contributed by atoms with Crippen LogP contribution < -0.4 is 14.3 Å². The van der Waals surface area contributed by atoms with E-state index in [0.717, 1.165) is 43.0 Å². The molecule has 4 heterocycles. The number of nitrogens with one attached hydrogen (secondary N) is 1. The maximum Gasteiger partial charge on any atom is 0.488 e. The van der Waals surface area contributed by atoms with E-state index in [1.807, 2.05) is 38.2 Å². The summed E-state index contributed by atoms with van der Waals surface area (Å²) in [5.41, 5.74) is 3.69. The summed E-state index contributed by atoms with van der Waals surface area (Å²) in [6.07, 6.45) is 9.94. The number of hydrogen-bond acceptors (Lipinski definition) is 7. The Hall–Kier alpha value is -4.40. The van der Waals surface area contributed by atoms with Crippen LogP contribution in [0.4, 0.5) is 3.89 Å². The van der Waals surface area contributed by atoms with E-state index in [1.54, 1.807) is 6.07 Å². The molecule has 0 bridgehead atoms. The summed E-state index contributed by atoms with van der Waals surface area (Å²) in [7, 11) is -3.21. The fourth-order valence-electron chi connectivity index (χ4n) is 5.50. The predicted molar refractivity (Wildman–Crippen MR) is 156 cm³/mol. The molecule has 11 heteroatoms. The minimum atomic E-state index is -5.24. The van der Waals surface area contributed by atoms with E-state index in [-0.39, 0.29) is 17.2 Å². The molecule has 0 amide bonds. The van der Waals surface area contributed by atoms with Gasteiger partial charge < -0.3 is 23.4 Å². The highest BCUT2D eigenvalue weighted by molar-refractivity contribution is 7.81. The van der Waals surface area contributed by atoms with Gasteiger partial charge in [-0.25, -0.2) is 0 Å². The number of likely N-dealkylation sites (N-methyl/N-ethyl adjacent to an activating group) is 1. The lowest BCUT2D eigenvalue weighted by molar-refractivity contribution is 0.146. The van der Waals surface area contributed by atoms with Crippen LogP contribution in [-0.4, -0.2) is 54.6 Å². The molecule has 0 unspecified atom stereocenters. The molecule has 3 aromatic heterocycles. The summed E-state index contributed by atoms with van der Waals surface area (Å²) in [5, 5.41) is 1.84. The summed E-state index contributed by atoms with van der Waals surface area (Å²) in [6, 6.07) is 10.6. The average molecular weight is 575 g/mol. The fraction of sp³-hybridized carbons (Fsp3) is 0.267. The molecule has 41 heavy (non-hydrogen) atoms. The molecule has 1 N–H and O–H groups in total. The number of nitrogens with zero attached hydrogens (tertiary/aromatic N) is 3. The zero-order valence-corrected chi connectivity index (χ0v) is 23.3. The number of ether oxygens (including phenoxy) is 1. The van der Waals surface area contributed by atoms with Crippen LogP contribution in [0.25, 0.3) is 44.0 Å². The van der Waals surface area contributed by atoms with Gasteiger partial charge in [-0.1, -0.05) is 29.2 Å². The average Bonchev–Trinajstić information content (AvgIpc) is 3.30. The topological polar surface area (TPSA) is 107 Å². The zero-order valence-electron chi connectivity index (χ0n) is 22.5. The van der Waals surface area contributed by atoms with Gasteiger partial charge in [-0.05, 0) is 43.8 Å². The lowest BCUT2D eigenvalue weighted by Gasteiger charge is -2.39. The third-order valence-electron chi connectivity index (χ3n) is 7.40. The first-order valence-corrected chi connectivity index (χ1v) is 14.5. The number of aromatic amines is 1. The molecule has 9 nitrogen and oxygen atoms in total. The van der Waals surface area contributed by atoms with E-state index >= 15 is 0 Å². The molecule has 210 valence electrons. The Kier molecular flexibility index (Phi) is 6.68. The van der Waals surface area contributed by atoms with Crippen LogP contribution in [0.5, 0.6) is 11.5 Å². The van der Waals surface area contributed by atoms with E-state index in [2.05, 4.69) is 29.5 Å². The second kappa shape index (κ2) is 10.2. The van der Waals surface area contributed by atoms with E-state index in [1.165, 1.54) is 12.3 Å². The van der Waals surface area contributed by atoms with Crippen molar-refractivity contribution in [3.8, 4) is 35.0 Å². The minimum Gasteiger partial charge on any atom is -0.493 e. The number of benzene rings is 2. The summed E-state index contributed by atoms with van der Waals surface area (Å²) in [4.78, 5) is 23.8. The van der Waals surface area contributed by atoms with Gasteiger partial charge in [0.05, 0.1) is 35.1 Å². The largest absolute Gasteiger partial charge is 0.493 e. The van der Waals surface area contributed by atoms with Crippen LogP contribution in [-0.2, 0) is 10.5 Å². The first-order chi connectivity index (χ1) is 19.7. The quantitative estimate of drug-likeness (QED) is 0.159. The fourth-order valence-corrected chi connectivity index (χ4v) is 5.82. The predicted octanol–water partition coefficient (Wildman–Crippen LogP) is 4.94. The van der Waals surface area contributed by atoms with Crippen LogP contribution in [0, 0.1) is 12.3 Å². The Morgan fingerprint density at radius 3 is 2.68 bits per heavy atom. The number of fused-ring (bicyclic) bond motifs is 4. The minimum absolute atomic E-state index is 0.0787. The van der Waals surface area contributed by atoms with Crippen molar-refractivity contribution in [2.75, 3.05) is 26.7 Å². The Balaban J connectivity index is 1.66. The summed E-state index contributed by atoms with van der Waals surface area (Å²) >= 11 is 0. The Bertz CT molecular complexity index is 2040. The van der Waals surface area contributed by atoms with Crippen LogP contribution in [0.3, 0.4) is 0 Å². The Morgan fingerprint density at radius 1 is 1.17 bits per heavy atom. The molecule has 1 aliphatic heterocycles. The van der Waals surface area contributed by atoms with Crippen LogP contribution in [0.2, 0.25) is 0 Å². The molecular weight excluding hydrogens is 547 g/mol. The third-order valence-corrected chi connectivity index (χ3v) is 7.79.